The summed E-state index contributed by atoms with van der Waals surface area (Å²) < 4.78 is 15.3. The molecule has 0 spiro atoms. The summed E-state index contributed by atoms with van der Waals surface area (Å²) in [6.07, 6.45) is 1.68. The van der Waals surface area contributed by atoms with E-state index in [1.54, 1.807) is 36.1 Å². The number of rotatable bonds is 3. The van der Waals surface area contributed by atoms with Gasteiger partial charge in [0.1, 0.15) is 5.82 Å². The molecule has 2 heterocycles. The fraction of sp³-hybridized carbons (Fsp3) is 0.154. The van der Waals surface area contributed by atoms with Gasteiger partial charge in [-0.1, -0.05) is 23.4 Å². The lowest BCUT2D eigenvalue weighted by atomic mass is 10.2. The molecule has 0 aliphatic carbocycles. The minimum absolute atomic E-state index is 0. The Balaban J connectivity index is 0.00000147. The fourth-order valence-electron chi connectivity index (χ4n) is 1.99. The lowest BCUT2D eigenvalue weighted by molar-refractivity contribution is 0.583. The largest absolute Gasteiger partial charge is 0.371 e. The molecule has 0 unspecified atom stereocenters. The van der Waals surface area contributed by atoms with Crippen LogP contribution in [0.25, 0.3) is 11.0 Å². The number of nitrogens with zero attached hydrogens (tertiary/aromatic N) is 4. The molecule has 20 heavy (non-hydrogen) atoms. The molecule has 0 radical (unpaired) electrons. The van der Waals surface area contributed by atoms with Crippen molar-refractivity contribution in [2.24, 2.45) is 0 Å². The number of anilines is 1. The topological polar surface area (TPSA) is 55.6 Å². The van der Waals surface area contributed by atoms with Gasteiger partial charge in [0.15, 0.2) is 11.3 Å². The first-order valence-electron chi connectivity index (χ1n) is 5.89. The molecule has 0 saturated heterocycles. The van der Waals surface area contributed by atoms with Crippen molar-refractivity contribution in [1.29, 1.82) is 0 Å². The number of pyridine rings is 1. The van der Waals surface area contributed by atoms with E-state index in [9.17, 15) is 4.39 Å². The van der Waals surface area contributed by atoms with Gasteiger partial charge in [-0.25, -0.2) is 14.1 Å². The highest BCUT2D eigenvalue weighted by molar-refractivity contribution is 5.85. The van der Waals surface area contributed by atoms with E-state index >= 15 is 0 Å². The molecule has 3 rings (SSSR count). The highest BCUT2D eigenvalue weighted by Crippen LogP contribution is 2.18. The van der Waals surface area contributed by atoms with Crippen LogP contribution in [0.3, 0.4) is 0 Å². The standard InChI is InChI=1S/C13H12FN5.ClH/c1-15-13-12-11(6-7-16-13)19(18-17-12)8-9-4-2-3-5-10(9)14;/h2-7H,8H2,1H3,(H,15,16);1H. The molecule has 0 fully saturated rings. The number of aromatic nitrogens is 4. The van der Waals surface area contributed by atoms with E-state index in [-0.39, 0.29) is 18.2 Å². The smallest absolute Gasteiger partial charge is 0.155 e. The molecule has 2 aromatic heterocycles. The van der Waals surface area contributed by atoms with Crippen LogP contribution in [0.1, 0.15) is 5.56 Å². The van der Waals surface area contributed by atoms with Crippen molar-refractivity contribution in [3.63, 3.8) is 0 Å². The van der Waals surface area contributed by atoms with Gasteiger partial charge in [-0.3, -0.25) is 0 Å². The van der Waals surface area contributed by atoms with Crippen LogP contribution >= 0.6 is 12.4 Å². The maximum absolute atomic E-state index is 13.6. The Labute approximate surface area is 121 Å². The van der Waals surface area contributed by atoms with Gasteiger partial charge in [0.05, 0.1) is 12.1 Å². The van der Waals surface area contributed by atoms with Gasteiger partial charge in [0.2, 0.25) is 0 Å². The van der Waals surface area contributed by atoms with E-state index in [4.69, 9.17) is 0 Å². The Bertz CT molecular complexity index is 728. The van der Waals surface area contributed by atoms with Crippen LogP contribution in [0.15, 0.2) is 36.5 Å². The molecule has 0 bridgehead atoms. The van der Waals surface area contributed by atoms with Crippen molar-refractivity contribution in [1.82, 2.24) is 20.0 Å². The third-order valence-electron chi connectivity index (χ3n) is 2.95. The lowest BCUT2D eigenvalue weighted by Crippen LogP contribution is -2.03. The summed E-state index contributed by atoms with van der Waals surface area (Å²) in [6, 6.07) is 8.47. The Hall–Kier alpha value is -2.21. The summed E-state index contributed by atoms with van der Waals surface area (Å²) in [5, 5.41) is 11.1. The number of hydrogen-bond donors (Lipinski definition) is 1. The molecule has 0 amide bonds. The number of nitrogens with one attached hydrogen (secondary N) is 1. The van der Waals surface area contributed by atoms with Gasteiger partial charge in [-0.15, -0.1) is 17.5 Å². The minimum atomic E-state index is -0.242. The van der Waals surface area contributed by atoms with Crippen LogP contribution in [0.4, 0.5) is 10.2 Å². The quantitative estimate of drug-likeness (QED) is 0.806. The minimum Gasteiger partial charge on any atom is -0.371 e. The zero-order chi connectivity index (χ0) is 13.2. The van der Waals surface area contributed by atoms with E-state index in [1.165, 1.54) is 6.07 Å². The zero-order valence-corrected chi connectivity index (χ0v) is 11.6. The van der Waals surface area contributed by atoms with Gasteiger partial charge >= 0.3 is 0 Å². The Morgan fingerprint density at radius 1 is 1.25 bits per heavy atom. The molecule has 0 saturated carbocycles. The molecule has 1 N–H and O–H groups in total. The number of halogens is 2. The van der Waals surface area contributed by atoms with Gasteiger partial charge in [-0.05, 0) is 12.1 Å². The molecular formula is C13H13ClFN5. The van der Waals surface area contributed by atoms with E-state index in [0.717, 1.165) is 5.52 Å². The average Bonchev–Trinajstić information content (AvgIpc) is 2.84. The maximum Gasteiger partial charge on any atom is 0.155 e. The number of hydrogen-bond acceptors (Lipinski definition) is 4. The normalized spacial score (nSPS) is 10.3. The van der Waals surface area contributed by atoms with Crippen molar-refractivity contribution in [2.45, 2.75) is 6.54 Å². The molecule has 3 aromatic rings. The molecule has 0 aliphatic rings. The predicted octanol–water partition coefficient (Wildman–Crippen LogP) is 2.48. The Morgan fingerprint density at radius 2 is 2.05 bits per heavy atom. The number of fused-ring (bicyclic) bond motifs is 1. The van der Waals surface area contributed by atoms with E-state index < -0.39 is 0 Å². The summed E-state index contributed by atoms with van der Waals surface area (Å²) >= 11 is 0. The van der Waals surface area contributed by atoms with Crippen LogP contribution in [0, 0.1) is 5.82 Å². The van der Waals surface area contributed by atoms with Crippen molar-refractivity contribution < 1.29 is 4.39 Å². The SMILES string of the molecule is CNc1nccc2c1nnn2Cc1ccccc1F.Cl. The summed E-state index contributed by atoms with van der Waals surface area (Å²) in [5.74, 6) is 0.423. The van der Waals surface area contributed by atoms with Crippen molar-refractivity contribution >= 4 is 29.3 Å². The molecule has 7 heteroatoms. The average molecular weight is 294 g/mol. The Morgan fingerprint density at radius 3 is 2.80 bits per heavy atom. The van der Waals surface area contributed by atoms with Gasteiger partial charge < -0.3 is 5.32 Å². The molecule has 104 valence electrons. The third kappa shape index (κ3) is 2.42. The van der Waals surface area contributed by atoms with Crippen LogP contribution in [-0.4, -0.2) is 27.0 Å². The van der Waals surface area contributed by atoms with Crippen LogP contribution < -0.4 is 5.32 Å². The third-order valence-corrected chi connectivity index (χ3v) is 2.95. The second-order valence-electron chi connectivity index (χ2n) is 4.12. The number of benzene rings is 1. The van der Waals surface area contributed by atoms with Crippen molar-refractivity contribution in [3.8, 4) is 0 Å². The molecule has 5 nitrogen and oxygen atoms in total. The predicted molar refractivity (Wildman–Crippen MR) is 77.6 cm³/mol. The zero-order valence-electron chi connectivity index (χ0n) is 10.7. The molecule has 0 aliphatic heterocycles. The van der Waals surface area contributed by atoms with Gasteiger partial charge in [0, 0.05) is 18.8 Å². The first-order valence-corrected chi connectivity index (χ1v) is 5.89. The second-order valence-corrected chi connectivity index (χ2v) is 4.12. The van der Waals surface area contributed by atoms with Crippen LogP contribution in [-0.2, 0) is 6.54 Å². The molecular weight excluding hydrogens is 281 g/mol. The monoisotopic (exact) mass is 293 g/mol. The second kappa shape index (κ2) is 5.83. The summed E-state index contributed by atoms with van der Waals surface area (Å²) in [6.45, 7) is 0.344. The first kappa shape index (κ1) is 14.2. The van der Waals surface area contributed by atoms with Crippen molar-refractivity contribution in [3.05, 3.63) is 47.9 Å². The van der Waals surface area contributed by atoms with E-state index in [0.29, 0.717) is 23.4 Å². The molecule has 1 aromatic carbocycles. The summed E-state index contributed by atoms with van der Waals surface area (Å²) in [4.78, 5) is 4.16. The van der Waals surface area contributed by atoms with Gasteiger partial charge in [0.25, 0.3) is 0 Å². The Kier molecular flexibility index (Phi) is 4.14. The lowest BCUT2D eigenvalue weighted by Gasteiger charge is -2.04. The fourth-order valence-corrected chi connectivity index (χ4v) is 1.99. The first-order chi connectivity index (χ1) is 9.29. The van der Waals surface area contributed by atoms with Gasteiger partial charge in [-0.2, -0.15) is 0 Å². The van der Waals surface area contributed by atoms with E-state index in [2.05, 4.69) is 20.6 Å². The summed E-state index contributed by atoms with van der Waals surface area (Å²) in [5.41, 5.74) is 2.08. The van der Waals surface area contributed by atoms with Crippen LogP contribution in [0.5, 0.6) is 0 Å². The summed E-state index contributed by atoms with van der Waals surface area (Å²) in [7, 11) is 1.78. The van der Waals surface area contributed by atoms with Crippen LogP contribution in [0.2, 0.25) is 0 Å². The highest BCUT2D eigenvalue weighted by Gasteiger charge is 2.10. The van der Waals surface area contributed by atoms with Crippen molar-refractivity contribution in [2.75, 3.05) is 12.4 Å². The molecule has 0 atom stereocenters. The van der Waals surface area contributed by atoms with E-state index in [1.807, 2.05) is 6.07 Å². The maximum atomic E-state index is 13.6. The highest BCUT2D eigenvalue weighted by atomic mass is 35.5.